The minimum absolute atomic E-state index is 0. The van der Waals surface area contributed by atoms with Crippen LogP contribution in [0.2, 0.25) is 0 Å². The first-order chi connectivity index (χ1) is 8.78. The highest BCUT2D eigenvalue weighted by Crippen LogP contribution is 2.14. The quantitative estimate of drug-likeness (QED) is 0.618. The summed E-state index contributed by atoms with van der Waals surface area (Å²) in [4.78, 5) is 21.8. The number of nitro groups is 1. The third kappa shape index (κ3) is 7.06. The highest BCUT2D eigenvalue weighted by molar-refractivity contribution is 5.85. The lowest BCUT2D eigenvalue weighted by Crippen LogP contribution is -2.45. The minimum atomic E-state index is -0.444. The van der Waals surface area contributed by atoms with Gasteiger partial charge in [0.15, 0.2) is 0 Å². The van der Waals surface area contributed by atoms with Crippen molar-refractivity contribution in [3.05, 3.63) is 39.9 Å². The molecule has 0 fully saturated rings. The molecule has 1 aromatic rings. The second-order valence-corrected chi connectivity index (χ2v) is 5.19. The van der Waals surface area contributed by atoms with Crippen molar-refractivity contribution in [2.45, 2.75) is 32.2 Å². The molecule has 112 valence electrons. The van der Waals surface area contributed by atoms with Gasteiger partial charge in [0.05, 0.1) is 4.92 Å². The number of carbonyl (C=O) groups is 1. The normalized spacial score (nSPS) is 10.6. The molecule has 0 aromatic heterocycles. The van der Waals surface area contributed by atoms with Crippen LogP contribution in [-0.4, -0.2) is 22.9 Å². The summed E-state index contributed by atoms with van der Waals surface area (Å²) in [7, 11) is 0. The zero-order valence-electron chi connectivity index (χ0n) is 11.6. The summed E-state index contributed by atoms with van der Waals surface area (Å²) >= 11 is 0. The number of nitrogens with two attached hydrogens (primary N) is 1. The molecule has 0 atom stereocenters. The Labute approximate surface area is 124 Å². The van der Waals surface area contributed by atoms with Crippen LogP contribution >= 0.6 is 12.4 Å². The molecule has 1 rings (SSSR count). The molecule has 7 heteroatoms. The first-order valence-corrected chi connectivity index (χ1v) is 6.07. The Hall–Kier alpha value is -1.66. The second kappa shape index (κ2) is 7.81. The number of nitrogens with zero attached hydrogens (tertiary/aromatic N) is 1. The number of carbonyl (C=O) groups excluding carboxylic acids is 1. The summed E-state index contributed by atoms with van der Waals surface area (Å²) in [6, 6.07) is 6.31. The number of aryl methyl sites for hydroxylation is 1. The SMILES string of the molecule is CC(C)(N)CNC(=O)CCc1cccc([N+](=O)[O-])c1.Cl. The van der Waals surface area contributed by atoms with Crippen LogP contribution in [0.4, 0.5) is 5.69 Å². The Balaban J connectivity index is 0.00000361. The lowest BCUT2D eigenvalue weighted by atomic mass is 10.1. The van der Waals surface area contributed by atoms with Gasteiger partial charge in [0.25, 0.3) is 5.69 Å². The van der Waals surface area contributed by atoms with Gasteiger partial charge in [0.2, 0.25) is 5.91 Å². The molecule has 0 bridgehead atoms. The van der Waals surface area contributed by atoms with Crippen molar-refractivity contribution in [2.75, 3.05) is 6.54 Å². The number of nitrogens with one attached hydrogen (secondary N) is 1. The number of benzene rings is 1. The van der Waals surface area contributed by atoms with Crippen LogP contribution in [0.3, 0.4) is 0 Å². The molecule has 0 radical (unpaired) electrons. The van der Waals surface area contributed by atoms with E-state index in [0.717, 1.165) is 5.56 Å². The minimum Gasteiger partial charge on any atom is -0.354 e. The maximum atomic E-state index is 11.6. The van der Waals surface area contributed by atoms with Gasteiger partial charge < -0.3 is 11.1 Å². The first kappa shape index (κ1) is 18.3. The standard InChI is InChI=1S/C13H19N3O3.ClH/c1-13(2,14)9-15-12(17)7-6-10-4-3-5-11(8-10)16(18)19;/h3-5,8H,6-7,9,14H2,1-2H3,(H,15,17);1H. The third-order valence-corrected chi connectivity index (χ3v) is 2.50. The molecule has 1 amide bonds. The van der Waals surface area contributed by atoms with Gasteiger partial charge in [-0.05, 0) is 25.8 Å². The molecule has 0 spiro atoms. The number of non-ortho nitro benzene ring substituents is 1. The Kier molecular flexibility index (Phi) is 7.17. The van der Waals surface area contributed by atoms with E-state index in [9.17, 15) is 14.9 Å². The molecule has 0 aliphatic heterocycles. The van der Waals surface area contributed by atoms with Crippen molar-refractivity contribution in [1.82, 2.24) is 5.32 Å². The fourth-order valence-corrected chi connectivity index (χ4v) is 1.50. The molecule has 0 aliphatic carbocycles. The molecule has 0 aliphatic rings. The second-order valence-electron chi connectivity index (χ2n) is 5.19. The largest absolute Gasteiger partial charge is 0.354 e. The van der Waals surface area contributed by atoms with Crippen LogP contribution in [-0.2, 0) is 11.2 Å². The van der Waals surface area contributed by atoms with Gasteiger partial charge in [-0.25, -0.2) is 0 Å². The number of amides is 1. The van der Waals surface area contributed by atoms with E-state index in [1.807, 2.05) is 13.8 Å². The van der Waals surface area contributed by atoms with Crippen molar-refractivity contribution in [3.63, 3.8) is 0 Å². The number of rotatable bonds is 6. The van der Waals surface area contributed by atoms with Crippen molar-refractivity contribution in [1.29, 1.82) is 0 Å². The highest BCUT2D eigenvalue weighted by Gasteiger charge is 2.12. The number of hydrogen-bond acceptors (Lipinski definition) is 4. The van der Waals surface area contributed by atoms with Gasteiger partial charge in [-0.15, -0.1) is 12.4 Å². The van der Waals surface area contributed by atoms with Crippen LogP contribution < -0.4 is 11.1 Å². The van der Waals surface area contributed by atoms with Crippen molar-refractivity contribution >= 4 is 24.0 Å². The summed E-state index contributed by atoms with van der Waals surface area (Å²) in [5.74, 6) is -0.106. The van der Waals surface area contributed by atoms with Gasteiger partial charge in [0, 0.05) is 30.6 Å². The Bertz CT molecular complexity index is 472. The Morgan fingerprint density at radius 1 is 1.45 bits per heavy atom. The molecule has 0 unspecified atom stereocenters. The maximum absolute atomic E-state index is 11.6. The van der Waals surface area contributed by atoms with Crippen LogP contribution in [0.25, 0.3) is 0 Å². The lowest BCUT2D eigenvalue weighted by Gasteiger charge is -2.18. The van der Waals surface area contributed by atoms with Crippen LogP contribution in [0, 0.1) is 10.1 Å². The fourth-order valence-electron chi connectivity index (χ4n) is 1.50. The van der Waals surface area contributed by atoms with E-state index in [0.29, 0.717) is 13.0 Å². The summed E-state index contributed by atoms with van der Waals surface area (Å²) in [5.41, 5.74) is 6.13. The third-order valence-electron chi connectivity index (χ3n) is 2.50. The molecule has 6 nitrogen and oxygen atoms in total. The fraction of sp³-hybridized carbons (Fsp3) is 0.462. The molecule has 0 saturated carbocycles. The number of nitro benzene ring substituents is 1. The van der Waals surface area contributed by atoms with E-state index in [2.05, 4.69) is 5.32 Å². The van der Waals surface area contributed by atoms with Gasteiger partial charge in [-0.3, -0.25) is 14.9 Å². The first-order valence-electron chi connectivity index (χ1n) is 6.07. The topological polar surface area (TPSA) is 98.3 Å². The van der Waals surface area contributed by atoms with Crippen molar-refractivity contribution < 1.29 is 9.72 Å². The van der Waals surface area contributed by atoms with Crippen LogP contribution in [0.15, 0.2) is 24.3 Å². The van der Waals surface area contributed by atoms with E-state index in [1.165, 1.54) is 12.1 Å². The van der Waals surface area contributed by atoms with E-state index in [1.54, 1.807) is 12.1 Å². The van der Waals surface area contributed by atoms with Gasteiger partial charge in [-0.2, -0.15) is 0 Å². The van der Waals surface area contributed by atoms with Gasteiger partial charge in [-0.1, -0.05) is 12.1 Å². The lowest BCUT2D eigenvalue weighted by molar-refractivity contribution is -0.384. The van der Waals surface area contributed by atoms with E-state index in [-0.39, 0.29) is 30.4 Å². The van der Waals surface area contributed by atoms with Crippen molar-refractivity contribution in [3.8, 4) is 0 Å². The average molecular weight is 302 g/mol. The maximum Gasteiger partial charge on any atom is 0.269 e. The summed E-state index contributed by atoms with van der Waals surface area (Å²) in [5, 5.41) is 13.3. The highest BCUT2D eigenvalue weighted by atomic mass is 35.5. The molecular weight excluding hydrogens is 282 g/mol. The van der Waals surface area contributed by atoms with Crippen LogP contribution in [0.5, 0.6) is 0 Å². The molecular formula is C13H20ClN3O3. The number of halogens is 1. The molecule has 3 N–H and O–H groups in total. The summed E-state index contributed by atoms with van der Waals surface area (Å²) < 4.78 is 0. The number of hydrogen-bond donors (Lipinski definition) is 2. The van der Waals surface area contributed by atoms with E-state index >= 15 is 0 Å². The molecule has 0 heterocycles. The monoisotopic (exact) mass is 301 g/mol. The Morgan fingerprint density at radius 3 is 2.65 bits per heavy atom. The predicted molar refractivity (Wildman–Crippen MR) is 79.9 cm³/mol. The summed E-state index contributed by atoms with van der Waals surface area (Å²) in [6.07, 6.45) is 0.760. The Morgan fingerprint density at radius 2 is 2.10 bits per heavy atom. The zero-order valence-corrected chi connectivity index (χ0v) is 12.4. The zero-order chi connectivity index (χ0) is 14.5. The van der Waals surface area contributed by atoms with Crippen molar-refractivity contribution in [2.24, 2.45) is 5.73 Å². The van der Waals surface area contributed by atoms with Gasteiger partial charge >= 0.3 is 0 Å². The van der Waals surface area contributed by atoms with E-state index < -0.39 is 10.5 Å². The summed E-state index contributed by atoms with van der Waals surface area (Å²) in [6.45, 7) is 4.06. The smallest absolute Gasteiger partial charge is 0.269 e. The molecule has 20 heavy (non-hydrogen) atoms. The molecule has 1 aromatic carbocycles. The van der Waals surface area contributed by atoms with Gasteiger partial charge in [0.1, 0.15) is 0 Å². The molecule has 0 saturated heterocycles. The van der Waals surface area contributed by atoms with Crippen LogP contribution in [0.1, 0.15) is 25.8 Å². The average Bonchev–Trinajstić information content (AvgIpc) is 2.33. The van der Waals surface area contributed by atoms with E-state index in [4.69, 9.17) is 5.73 Å². The predicted octanol–water partition coefficient (Wildman–Crippen LogP) is 1.80.